The predicted molar refractivity (Wildman–Crippen MR) is 118 cm³/mol. The van der Waals surface area contributed by atoms with Gasteiger partial charge in [-0.25, -0.2) is 8.42 Å². The minimum absolute atomic E-state index is 0.114. The van der Waals surface area contributed by atoms with Crippen LogP contribution in [0.25, 0.3) is 6.08 Å². The molecule has 0 aliphatic heterocycles. The van der Waals surface area contributed by atoms with Gasteiger partial charge in [-0.3, -0.25) is 4.31 Å². The number of hydrogen-bond donors (Lipinski definition) is 0. The molecule has 3 aromatic rings. The fourth-order valence-electron chi connectivity index (χ4n) is 2.61. The van der Waals surface area contributed by atoms with Crippen molar-refractivity contribution in [1.29, 1.82) is 0 Å². The first-order valence-electron chi connectivity index (χ1n) is 8.30. The second-order valence-electron chi connectivity index (χ2n) is 6.02. The molecule has 3 rings (SSSR count). The second kappa shape index (κ2) is 9.01. The average Bonchev–Trinajstić information content (AvgIpc) is 2.65. The van der Waals surface area contributed by atoms with Gasteiger partial charge in [-0.2, -0.15) is 0 Å². The summed E-state index contributed by atoms with van der Waals surface area (Å²) in [6.07, 6.45) is 1.51. The minimum atomic E-state index is -3.81. The highest BCUT2D eigenvalue weighted by atomic mass is 35.5. The van der Waals surface area contributed by atoms with Crippen LogP contribution in [0.15, 0.2) is 78.2 Å². The van der Waals surface area contributed by atoms with Crippen molar-refractivity contribution in [2.24, 2.45) is 0 Å². The van der Waals surface area contributed by atoms with Gasteiger partial charge < -0.3 is 0 Å². The first-order valence-corrected chi connectivity index (χ1v) is 10.9. The van der Waals surface area contributed by atoms with Gasteiger partial charge >= 0.3 is 0 Å². The molecule has 0 amide bonds. The lowest BCUT2D eigenvalue weighted by Gasteiger charge is -2.23. The SMILES string of the molecule is O=S(=O)(C=Cc1cccc(Cl)c1)N(Cc1cccc(Cl)c1)c1cccc(Cl)c1. The first kappa shape index (κ1) is 20.7. The molecular formula is C21H16Cl3NO2S. The van der Waals surface area contributed by atoms with Crippen molar-refractivity contribution in [2.75, 3.05) is 4.31 Å². The van der Waals surface area contributed by atoms with Crippen molar-refractivity contribution in [3.05, 3.63) is 104 Å². The lowest BCUT2D eigenvalue weighted by molar-refractivity contribution is 0.599. The van der Waals surface area contributed by atoms with Crippen LogP contribution in [0.3, 0.4) is 0 Å². The van der Waals surface area contributed by atoms with E-state index >= 15 is 0 Å². The van der Waals surface area contributed by atoms with Gasteiger partial charge in [-0.15, -0.1) is 0 Å². The van der Waals surface area contributed by atoms with Crippen LogP contribution in [-0.4, -0.2) is 8.42 Å². The molecule has 0 saturated carbocycles. The van der Waals surface area contributed by atoms with Crippen LogP contribution in [0.2, 0.25) is 15.1 Å². The maximum atomic E-state index is 13.1. The van der Waals surface area contributed by atoms with E-state index in [4.69, 9.17) is 34.8 Å². The third-order valence-electron chi connectivity index (χ3n) is 3.90. The fourth-order valence-corrected chi connectivity index (χ4v) is 4.42. The molecule has 0 aromatic heterocycles. The number of rotatable bonds is 6. The summed E-state index contributed by atoms with van der Waals surface area (Å²) in [5, 5.41) is 2.67. The Bertz CT molecular complexity index is 1110. The van der Waals surface area contributed by atoms with Gasteiger partial charge in [-0.05, 0) is 59.7 Å². The van der Waals surface area contributed by atoms with Gasteiger partial charge in [0.1, 0.15) is 0 Å². The lowest BCUT2D eigenvalue weighted by atomic mass is 10.2. The van der Waals surface area contributed by atoms with Gasteiger partial charge in [-0.1, -0.05) is 65.1 Å². The summed E-state index contributed by atoms with van der Waals surface area (Å²) in [6.45, 7) is 0.114. The molecule has 0 unspecified atom stereocenters. The summed E-state index contributed by atoms with van der Waals surface area (Å²) in [6, 6.07) is 20.7. The Kier molecular flexibility index (Phi) is 6.68. The predicted octanol–water partition coefficient (Wildman–Crippen LogP) is 6.65. The average molecular weight is 453 g/mol. The normalized spacial score (nSPS) is 11.7. The van der Waals surface area contributed by atoms with Crippen molar-refractivity contribution in [2.45, 2.75) is 6.54 Å². The second-order valence-corrected chi connectivity index (χ2v) is 9.07. The zero-order valence-electron chi connectivity index (χ0n) is 14.6. The Balaban J connectivity index is 1.99. The highest BCUT2D eigenvalue weighted by Gasteiger charge is 2.21. The van der Waals surface area contributed by atoms with E-state index in [9.17, 15) is 8.42 Å². The van der Waals surface area contributed by atoms with Crippen LogP contribution in [-0.2, 0) is 16.6 Å². The number of hydrogen-bond acceptors (Lipinski definition) is 2. The Hall–Kier alpha value is -1.98. The maximum Gasteiger partial charge on any atom is 0.257 e. The zero-order chi connectivity index (χ0) is 20.1. The zero-order valence-corrected chi connectivity index (χ0v) is 17.7. The highest BCUT2D eigenvalue weighted by molar-refractivity contribution is 7.95. The summed E-state index contributed by atoms with van der Waals surface area (Å²) in [4.78, 5) is 0. The highest BCUT2D eigenvalue weighted by Crippen LogP contribution is 2.26. The molecule has 3 aromatic carbocycles. The van der Waals surface area contributed by atoms with Gasteiger partial charge in [0.2, 0.25) is 0 Å². The molecule has 0 bridgehead atoms. The molecular weight excluding hydrogens is 437 g/mol. The van der Waals surface area contributed by atoms with Crippen LogP contribution in [0.5, 0.6) is 0 Å². The maximum absolute atomic E-state index is 13.1. The van der Waals surface area contributed by atoms with Gasteiger partial charge in [0.25, 0.3) is 10.0 Å². The van der Waals surface area contributed by atoms with E-state index in [1.807, 2.05) is 6.07 Å². The minimum Gasteiger partial charge on any atom is -0.262 e. The van der Waals surface area contributed by atoms with Crippen LogP contribution < -0.4 is 4.31 Å². The molecule has 0 aliphatic rings. The molecule has 0 radical (unpaired) electrons. The van der Waals surface area contributed by atoms with E-state index in [0.29, 0.717) is 26.3 Å². The van der Waals surface area contributed by atoms with E-state index in [1.165, 1.54) is 10.4 Å². The summed E-state index contributed by atoms with van der Waals surface area (Å²) < 4.78 is 27.5. The van der Waals surface area contributed by atoms with Crippen molar-refractivity contribution in [3.63, 3.8) is 0 Å². The molecule has 0 heterocycles. The van der Waals surface area contributed by atoms with Gasteiger partial charge in [0.15, 0.2) is 0 Å². The number of sulfonamides is 1. The van der Waals surface area contributed by atoms with Gasteiger partial charge in [0.05, 0.1) is 17.6 Å². The molecule has 0 aliphatic carbocycles. The van der Waals surface area contributed by atoms with Crippen molar-refractivity contribution < 1.29 is 8.42 Å². The number of benzene rings is 3. The van der Waals surface area contributed by atoms with E-state index < -0.39 is 10.0 Å². The topological polar surface area (TPSA) is 37.4 Å². The summed E-state index contributed by atoms with van der Waals surface area (Å²) in [5.41, 5.74) is 1.90. The summed E-state index contributed by atoms with van der Waals surface area (Å²) in [5.74, 6) is 0. The largest absolute Gasteiger partial charge is 0.262 e. The number of anilines is 1. The third kappa shape index (κ3) is 5.52. The molecule has 0 atom stereocenters. The molecule has 7 heteroatoms. The fraction of sp³-hybridized carbons (Fsp3) is 0.0476. The molecule has 0 spiro atoms. The van der Waals surface area contributed by atoms with E-state index in [2.05, 4.69) is 0 Å². The van der Waals surface area contributed by atoms with E-state index in [1.54, 1.807) is 66.7 Å². The van der Waals surface area contributed by atoms with Crippen molar-refractivity contribution in [1.82, 2.24) is 0 Å². The van der Waals surface area contributed by atoms with Crippen LogP contribution in [0.4, 0.5) is 5.69 Å². The molecule has 28 heavy (non-hydrogen) atoms. The molecule has 0 N–H and O–H groups in total. The molecule has 144 valence electrons. The van der Waals surface area contributed by atoms with Crippen LogP contribution in [0, 0.1) is 0 Å². The smallest absolute Gasteiger partial charge is 0.257 e. The number of halogens is 3. The van der Waals surface area contributed by atoms with Crippen LogP contribution in [0.1, 0.15) is 11.1 Å². The Morgan fingerprint density at radius 1 is 0.786 bits per heavy atom. The van der Waals surface area contributed by atoms with Gasteiger partial charge in [0, 0.05) is 15.1 Å². The quantitative estimate of drug-likeness (QED) is 0.419. The molecule has 0 fully saturated rings. The first-order chi connectivity index (χ1) is 13.3. The monoisotopic (exact) mass is 451 g/mol. The number of nitrogens with zero attached hydrogens (tertiary/aromatic N) is 1. The molecule has 3 nitrogen and oxygen atoms in total. The van der Waals surface area contributed by atoms with Crippen LogP contribution >= 0.6 is 34.8 Å². The Morgan fingerprint density at radius 3 is 2.04 bits per heavy atom. The standard InChI is InChI=1S/C21H16Cl3NO2S/c22-18-6-1-4-16(12-18)10-11-28(26,27)25(21-9-3-8-20(24)14-21)15-17-5-2-7-19(23)13-17/h1-14H,15H2. The van der Waals surface area contributed by atoms with Crippen molar-refractivity contribution in [3.8, 4) is 0 Å². The third-order valence-corrected chi connectivity index (χ3v) is 6.04. The Labute approximate surface area is 179 Å². The summed E-state index contributed by atoms with van der Waals surface area (Å²) >= 11 is 18.1. The van der Waals surface area contributed by atoms with E-state index in [-0.39, 0.29) is 6.54 Å². The Morgan fingerprint density at radius 2 is 1.39 bits per heavy atom. The van der Waals surface area contributed by atoms with Crippen molar-refractivity contribution >= 4 is 56.6 Å². The van der Waals surface area contributed by atoms with E-state index in [0.717, 1.165) is 11.0 Å². The molecule has 0 saturated heterocycles. The summed E-state index contributed by atoms with van der Waals surface area (Å²) in [7, 11) is -3.81. The lowest BCUT2D eigenvalue weighted by Crippen LogP contribution is -2.28.